The van der Waals surface area contributed by atoms with E-state index in [0.29, 0.717) is 29.1 Å². The molecule has 2 aromatic heterocycles. The number of likely N-dealkylation sites (N-methyl/N-ethyl adjacent to an activating group) is 2. The van der Waals surface area contributed by atoms with E-state index in [1.807, 2.05) is 39.3 Å². The van der Waals surface area contributed by atoms with Crippen molar-refractivity contribution in [1.29, 1.82) is 0 Å². The first-order chi connectivity index (χ1) is 19.8. The fourth-order valence-electron chi connectivity index (χ4n) is 5.15. The lowest BCUT2D eigenvalue weighted by Gasteiger charge is -2.26. The summed E-state index contributed by atoms with van der Waals surface area (Å²) in [6.07, 6.45) is 7.81. The standard InChI is InChI=1S/C32H39N7O2/c1-7-31(40)34-26-18-27(30(41-6)19-29(26)38(5)17-16-37(3)4)36-32-33-15-14-25(35-32)24-20-39(21(2)22-12-13-22)28-11-9-8-10-23(24)28/h7-11,14-15,18-22H,1,12-13,16-17H2,2-6H3,(H,34,40)(H,33,35,36)/t21-/m1/s1. The number of hydrogen-bond donors (Lipinski definition) is 2. The third-order valence-electron chi connectivity index (χ3n) is 7.72. The highest BCUT2D eigenvalue weighted by Gasteiger charge is 2.30. The lowest BCUT2D eigenvalue weighted by molar-refractivity contribution is -0.111. The number of anilines is 4. The predicted molar refractivity (Wildman–Crippen MR) is 167 cm³/mol. The van der Waals surface area contributed by atoms with Gasteiger partial charge in [0.2, 0.25) is 11.9 Å². The van der Waals surface area contributed by atoms with Gasteiger partial charge in [0, 0.05) is 61.1 Å². The van der Waals surface area contributed by atoms with E-state index in [1.165, 1.54) is 29.8 Å². The molecule has 1 aliphatic carbocycles. The molecule has 0 unspecified atom stereocenters. The SMILES string of the molecule is C=CC(=O)Nc1cc(Nc2nccc(-c3cn([C@H](C)C4CC4)c4ccccc34)n2)c(OC)cc1N(C)CCN(C)C. The summed E-state index contributed by atoms with van der Waals surface area (Å²) in [7, 11) is 7.67. The number of para-hydroxylation sites is 1. The van der Waals surface area contributed by atoms with Crippen molar-refractivity contribution >= 4 is 39.8 Å². The molecule has 9 nitrogen and oxygen atoms in total. The van der Waals surface area contributed by atoms with Gasteiger partial charge in [0.15, 0.2) is 0 Å². The van der Waals surface area contributed by atoms with Gasteiger partial charge in [0.05, 0.1) is 29.9 Å². The number of benzene rings is 2. The molecule has 214 valence electrons. The van der Waals surface area contributed by atoms with Crippen LogP contribution in [-0.4, -0.2) is 66.7 Å². The number of carbonyl (C=O) groups excluding carboxylic acids is 1. The Balaban J connectivity index is 1.50. The van der Waals surface area contributed by atoms with Crippen molar-refractivity contribution in [3.05, 3.63) is 67.5 Å². The van der Waals surface area contributed by atoms with Crippen molar-refractivity contribution in [2.45, 2.75) is 25.8 Å². The van der Waals surface area contributed by atoms with E-state index in [2.05, 4.69) is 73.9 Å². The van der Waals surface area contributed by atoms with Crippen LogP contribution in [0.3, 0.4) is 0 Å². The molecule has 1 fully saturated rings. The van der Waals surface area contributed by atoms with E-state index in [9.17, 15) is 4.79 Å². The molecular formula is C32H39N7O2. The van der Waals surface area contributed by atoms with Gasteiger partial charge in [0.25, 0.3) is 0 Å². The normalized spacial score (nSPS) is 13.7. The second kappa shape index (κ2) is 12.0. The molecule has 0 bridgehead atoms. The molecule has 0 spiro atoms. The minimum absolute atomic E-state index is 0.293. The van der Waals surface area contributed by atoms with Crippen LogP contribution in [0.25, 0.3) is 22.2 Å². The van der Waals surface area contributed by atoms with Crippen LogP contribution in [0.4, 0.5) is 23.0 Å². The van der Waals surface area contributed by atoms with Crippen LogP contribution in [-0.2, 0) is 4.79 Å². The third-order valence-corrected chi connectivity index (χ3v) is 7.72. The molecule has 1 amide bonds. The van der Waals surface area contributed by atoms with Crippen LogP contribution in [0.1, 0.15) is 25.8 Å². The number of fused-ring (bicyclic) bond motifs is 1. The van der Waals surface area contributed by atoms with Crippen molar-refractivity contribution in [2.24, 2.45) is 5.92 Å². The number of ether oxygens (including phenoxy) is 1. The quantitative estimate of drug-likeness (QED) is 0.210. The van der Waals surface area contributed by atoms with E-state index in [1.54, 1.807) is 13.3 Å². The Kier molecular flexibility index (Phi) is 8.26. The molecule has 0 aliphatic heterocycles. The molecule has 2 heterocycles. The summed E-state index contributed by atoms with van der Waals surface area (Å²) in [4.78, 5) is 25.9. The van der Waals surface area contributed by atoms with Gasteiger partial charge in [-0.1, -0.05) is 24.8 Å². The van der Waals surface area contributed by atoms with Gasteiger partial charge >= 0.3 is 0 Å². The maximum Gasteiger partial charge on any atom is 0.247 e. The molecule has 9 heteroatoms. The number of rotatable bonds is 12. The van der Waals surface area contributed by atoms with Crippen LogP contribution in [0.2, 0.25) is 0 Å². The molecule has 41 heavy (non-hydrogen) atoms. The zero-order chi connectivity index (χ0) is 29.1. The van der Waals surface area contributed by atoms with Gasteiger partial charge in [-0.3, -0.25) is 4.79 Å². The predicted octanol–water partition coefficient (Wildman–Crippen LogP) is 5.94. The van der Waals surface area contributed by atoms with Crippen molar-refractivity contribution in [3.63, 3.8) is 0 Å². The Bertz CT molecular complexity index is 1560. The lowest BCUT2D eigenvalue weighted by atomic mass is 10.1. The van der Waals surface area contributed by atoms with Crippen LogP contribution in [0.5, 0.6) is 5.75 Å². The number of methoxy groups -OCH3 is 1. The summed E-state index contributed by atoms with van der Waals surface area (Å²) in [5, 5.41) is 7.44. The number of nitrogens with zero attached hydrogens (tertiary/aromatic N) is 5. The monoisotopic (exact) mass is 553 g/mol. The maximum absolute atomic E-state index is 12.3. The molecule has 1 aliphatic rings. The van der Waals surface area contributed by atoms with E-state index in [-0.39, 0.29) is 5.91 Å². The number of aromatic nitrogens is 3. The summed E-state index contributed by atoms with van der Waals surface area (Å²) in [5.41, 5.74) is 5.22. The van der Waals surface area contributed by atoms with Crippen LogP contribution < -0.4 is 20.3 Å². The van der Waals surface area contributed by atoms with Gasteiger partial charge < -0.3 is 29.7 Å². The van der Waals surface area contributed by atoms with Gasteiger partial charge in [-0.05, 0) is 64.1 Å². The van der Waals surface area contributed by atoms with Crippen molar-refractivity contribution < 1.29 is 9.53 Å². The zero-order valence-electron chi connectivity index (χ0n) is 24.5. The highest BCUT2D eigenvalue weighted by molar-refractivity contribution is 6.02. The number of nitrogens with one attached hydrogen (secondary N) is 2. The molecular weight excluding hydrogens is 514 g/mol. The fourth-order valence-corrected chi connectivity index (χ4v) is 5.15. The average molecular weight is 554 g/mol. The Labute approximate surface area is 241 Å². The van der Waals surface area contributed by atoms with Crippen molar-refractivity contribution in [2.75, 3.05) is 56.9 Å². The molecule has 5 rings (SSSR count). The number of carbonyl (C=O) groups is 1. The topological polar surface area (TPSA) is 87.5 Å². The average Bonchev–Trinajstić information content (AvgIpc) is 3.76. The Morgan fingerprint density at radius 1 is 1.17 bits per heavy atom. The van der Waals surface area contributed by atoms with E-state index in [4.69, 9.17) is 9.72 Å². The highest BCUT2D eigenvalue weighted by Crippen LogP contribution is 2.43. The largest absolute Gasteiger partial charge is 0.494 e. The first-order valence-corrected chi connectivity index (χ1v) is 14.0. The molecule has 2 aromatic carbocycles. The van der Waals surface area contributed by atoms with E-state index >= 15 is 0 Å². The summed E-state index contributed by atoms with van der Waals surface area (Å²) in [6, 6.07) is 14.6. The number of hydrogen-bond acceptors (Lipinski definition) is 7. The van der Waals surface area contributed by atoms with Crippen LogP contribution >= 0.6 is 0 Å². The highest BCUT2D eigenvalue weighted by atomic mass is 16.5. The van der Waals surface area contributed by atoms with E-state index in [0.717, 1.165) is 36.0 Å². The van der Waals surface area contributed by atoms with Crippen LogP contribution in [0.15, 0.2) is 67.5 Å². The van der Waals surface area contributed by atoms with Crippen molar-refractivity contribution in [3.8, 4) is 17.0 Å². The zero-order valence-corrected chi connectivity index (χ0v) is 24.5. The van der Waals surface area contributed by atoms with E-state index < -0.39 is 0 Å². The lowest BCUT2D eigenvalue weighted by Crippen LogP contribution is -2.29. The Morgan fingerprint density at radius 3 is 2.66 bits per heavy atom. The molecule has 4 aromatic rings. The summed E-state index contributed by atoms with van der Waals surface area (Å²) >= 11 is 0. The van der Waals surface area contributed by atoms with Gasteiger partial charge in [0.1, 0.15) is 5.75 Å². The Morgan fingerprint density at radius 2 is 1.95 bits per heavy atom. The smallest absolute Gasteiger partial charge is 0.247 e. The fraction of sp³-hybridized carbons (Fsp3) is 0.344. The molecule has 1 saturated carbocycles. The second-order valence-corrected chi connectivity index (χ2v) is 10.9. The minimum Gasteiger partial charge on any atom is -0.494 e. The van der Waals surface area contributed by atoms with Gasteiger partial charge in [-0.15, -0.1) is 0 Å². The summed E-state index contributed by atoms with van der Waals surface area (Å²) in [6.45, 7) is 7.52. The third kappa shape index (κ3) is 6.20. The Hall–Kier alpha value is -4.37. The minimum atomic E-state index is -0.293. The molecule has 2 N–H and O–H groups in total. The summed E-state index contributed by atoms with van der Waals surface area (Å²) in [5.74, 6) is 1.48. The first kappa shape index (κ1) is 28.2. The molecule has 1 atom stereocenters. The first-order valence-electron chi connectivity index (χ1n) is 14.0. The van der Waals surface area contributed by atoms with Gasteiger partial charge in [-0.25, -0.2) is 9.97 Å². The number of amides is 1. The molecule has 0 saturated heterocycles. The molecule has 0 radical (unpaired) electrons. The van der Waals surface area contributed by atoms with Crippen molar-refractivity contribution in [1.82, 2.24) is 19.4 Å². The second-order valence-electron chi connectivity index (χ2n) is 10.9. The maximum atomic E-state index is 12.3. The summed E-state index contributed by atoms with van der Waals surface area (Å²) < 4.78 is 8.15. The van der Waals surface area contributed by atoms with Crippen LogP contribution in [0, 0.1) is 5.92 Å². The van der Waals surface area contributed by atoms with Gasteiger partial charge in [-0.2, -0.15) is 0 Å².